The van der Waals surface area contributed by atoms with Crippen LogP contribution in [-0.2, 0) is 16.7 Å². The van der Waals surface area contributed by atoms with Crippen molar-refractivity contribution in [1.82, 2.24) is 10.1 Å². The quantitative estimate of drug-likeness (QED) is 0.870. The van der Waals surface area contributed by atoms with Gasteiger partial charge in [-0.05, 0) is 26.7 Å². The summed E-state index contributed by atoms with van der Waals surface area (Å²) in [5, 5.41) is 4.03. The number of ether oxygens (including phenoxy) is 1. The molecule has 1 aromatic rings. The minimum Gasteiger partial charge on any atom is -0.375 e. The van der Waals surface area contributed by atoms with Crippen molar-refractivity contribution < 1.29 is 9.26 Å². The molecule has 1 aliphatic heterocycles. The monoisotopic (exact) mass is 239 g/mol. The highest BCUT2D eigenvalue weighted by Crippen LogP contribution is 2.36. The lowest BCUT2D eigenvalue weighted by molar-refractivity contribution is -0.0832. The molecular weight excluding hydrogens is 218 g/mol. The molecule has 1 unspecified atom stereocenters. The molecular formula is C12H21N3O2. The fourth-order valence-electron chi connectivity index (χ4n) is 2.37. The van der Waals surface area contributed by atoms with E-state index in [-0.39, 0.29) is 5.60 Å². The SMILES string of the molecule is CCCc1nc(C2(N)CCOC(C)(C)C2)no1. The van der Waals surface area contributed by atoms with Crippen LogP contribution < -0.4 is 5.73 Å². The zero-order chi connectivity index (χ0) is 12.5. The van der Waals surface area contributed by atoms with Gasteiger partial charge in [0.05, 0.1) is 11.1 Å². The highest BCUT2D eigenvalue weighted by Gasteiger charge is 2.42. The summed E-state index contributed by atoms with van der Waals surface area (Å²) in [6.45, 7) is 6.81. The summed E-state index contributed by atoms with van der Waals surface area (Å²) < 4.78 is 10.9. The fraction of sp³-hybridized carbons (Fsp3) is 0.833. The third-order valence-corrected chi connectivity index (χ3v) is 3.16. The van der Waals surface area contributed by atoms with E-state index in [0.29, 0.717) is 24.7 Å². The van der Waals surface area contributed by atoms with Gasteiger partial charge in [0, 0.05) is 19.4 Å². The van der Waals surface area contributed by atoms with Gasteiger partial charge >= 0.3 is 0 Å². The third-order valence-electron chi connectivity index (χ3n) is 3.16. The standard InChI is InChI=1S/C12H21N3O2/c1-4-5-9-14-10(15-17-9)12(13)6-7-16-11(2,3)8-12/h4-8,13H2,1-3H3. The van der Waals surface area contributed by atoms with Gasteiger partial charge in [0.2, 0.25) is 5.89 Å². The van der Waals surface area contributed by atoms with E-state index in [1.54, 1.807) is 0 Å². The largest absolute Gasteiger partial charge is 0.375 e. The lowest BCUT2D eigenvalue weighted by Crippen LogP contribution is -2.50. The second kappa shape index (κ2) is 4.38. The lowest BCUT2D eigenvalue weighted by atomic mass is 9.81. The summed E-state index contributed by atoms with van der Waals surface area (Å²) in [6.07, 6.45) is 3.25. The van der Waals surface area contributed by atoms with Gasteiger partial charge in [0.15, 0.2) is 5.82 Å². The second-order valence-corrected chi connectivity index (χ2v) is 5.45. The maximum atomic E-state index is 6.40. The van der Waals surface area contributed by atoms with Crippen molar-refractivity contribution in [2.75, 3.05) is 6.61 Å². The van der Waals surface area contributed by atoms with Crippen molar-refractivity contribution >= 4 is 0 Å². The first-order valence-electron chi connectivity index (χ1n) is 6.21. The molecule has 0 spiro atoms. The van der Waals surface area contributed by atoms with Gasteiger partial charge in [0.25, 0.3) is 0 Å². The van der Waals surface area contributed by atoms with Crippen LogP contribution in [-0.4, -0.2) is 22.3 Å². The predicted molar refractivity (Wildman–Crippen MR) is 63.4 cm³/mol. The van der Waals surface area contributed by atoms with Crippen molar-refractivity contribution in [2.24, 2.45) is 5.73 Å². The van der Waals surface area contributed by atoms with Crippen LogP contribution in [0.4, 0.5) is 0 Å². The zero-order valence-corrected chi connectivity index (χ0v) is 10.8. The van der Waals surface area contributed by atoms with E-state index >= 15 is 0 Å². The summed E-state index contributed by atoms with van der Waals surface area (Å²) in [4.78, 5) is 4.40. The minimum absolute atomic E-state index is 0.224. The highest BCUT2D eigenvalue weighted by molar-refractivity contribution is 5.08. The maximum absolute atomic E-state index is 6.40. The van der Waals surface area contributed by atoms with E-state index in [1.807, 2.05) is 13.8 Å². The van der Waals surface area contributed by atoms with E-state index in [9.17, 15) is 0 Å². The molecule has 0 aromatic carbocycles. The van der Waals surface area contributed by atoms with E-state index in [0.717, 1.165) is 19.3 Å². The van der Waals surface area contributed by atoms with Crippen LogP contribution in [0.5, 0.6) is 0 Å². The normalized spacial score (nSPS) is 28.2. The molecule has 17 heavy (non-hydrogen) atoms. The Kier molecular flexibility index (Phi) is 3.23. The molecule has 2 heterocycles. The number of aromatic nitrogens is 2. The Labute approximate surface area is 102 Å². The summed E-state index contributed by atoms with van der Waals surface area (Å²) in [6, 6.07) is 0. The van der Waals surface area contributed by atoms with Gasteiger partial charge in [-0.1, -0.05) is 12.1 Å². The number of rotatable bonds is 3. The van der Waals surface area contributed by atoms with Crippen molar-refractivity contribution in [2.45, 2.75) is 57.6 Å². The van der Waals surface area contributed by atoms with Crippen molar-refractivity contribution in [3.05, 3.63) is 11.7 Å². The van der Waals surface area contributed by atoms with Crippen LogP contribution in [0.15, 0.2) is 4.52 Å². The second-order valence-electron chi connectivity index (χ2n) is 5.45. The zero-order valence-electron chi connectivity index (χ0n) is 10.8. The van der Waals surface area contributed by atoms with Gasteiger partial charge in [-0.25, -0.2) is 0 Å². The minimum atomic E-state index is -0.517. The fourth-order valence-corrected chi connectivity index (χ4v) is 2.37. The first-order chi connectivity index (χ1) is 7.95. The highest BCUT2D eigenvalue weighted by atomic mass is 16.5. The number of hydrogen-bond acceptors (Lipinski definition) is 5. The van der Waals surface area contributed by atoms with Crippen LogP contribution in [0.1, 0.15) is 51.7 Å². The van der Waals surface area contributed by atoms with E-state index in [2.05, 4.69) is 17.1 Å². The van der Waals surface area contributed by atoms with Gasteiger partial charge in [-0.2, -0.15) is 4.98 Å². The number of aryl methyl sites for hydroxylation is 1. The Balaban J connectivity index is 2.18. The summed E-state index contributed by atoms with van der Waals surface area (Å²) in [7, 11) is 0. The first kappa shape index (κ1) is 12.5. The summed E-state index contributed by atoms with van der Waals surface area (Å²) in [5.74, 6) is 1.30. The molecule has 5 nitrogen and oxygen atoms in total. The molecule has 96 valence electrons. The van der Waals surface area contributed by atoms with Gasteiger partial charge in [0.1, 0.15) is 0 Å². The van der Waals surface area contributed by atoms with Crippen LogP contribution in [0.25, 0.3) is 0 Å². The van der Waals surface area contributed by atoms with E-state index in [4.69, 9.17) is 15.0 Å². The molecule has 1 aromatic heterocycles. The van der Waals surface area contributed by atoms with Crippen LogP contribution in [0.2, 0.25) is 0 Å². The van der Waals surface area contributed by atoms with Crippen molar-refractivity contribution in [3.63, 3.8) is 0 Å². The smallest absolute Gasteiger partial charge is 0.226 e. The molecule has 0 radical (unpaired) electrons. The van der Waals surface area contributed by atoms with Crippen molar-refractivity contribution in [1.29, 1.82) is 0 Å². The number of nitrogens with two attached hydrogens (primary N) is 1. The Morgan fingerprint density at radius 3 is 2.82 bits per heavy atom. The van der Waals surface area contributed by atoms with Gasteiger partial charge < -0.3 is 15.0 Å². The number of nitrogens with zero attached hydrogens (tertiary/aromatic N) is 2. The molecule has 0 saturated carbocycles. The molecule has 5 heteroatoms. The summed E-state index contributed by atoms with van der Waals surface area (Å²) >= 11 is 0. The Hall–Kier alpha value is -0.940. The first-order valence-corrected chi connectivity index (χ1v) is 6.21. The van der Waals surface area contributed by atoms with Crippen LogP contribution in [0, 0.1) is 0 Å². The molecule has 1 atom stereocenters. The molecule has 0 bridgehead atoms. The Morgan fingerprint density at radius 2 is 2.18 bits per heavy atom. The van der Waals surface area contributed by atoms with Crippen molar-refractivity contribution in [3.8, 4) is 0 Å². The predicted octanol–water partition coefficient (Wildman–Crippen LogP) is 1.77. The molecule has 1 fully saturated rings. The third kappa shape index (κ3) is 2.66. The van der Waals surface area contributed by atoms with E-state index in [1.165, 1.54) is 0 Å². The molecule has 0 aliphatic carbocycles. The molecule has 1 saturated heterocycles. The van der Waals surface area contributed by atoms with E-state index < -0.39 is 5.54 Å². The topological polar surface area (TPSA) is 74.2 Å². The maximum Gasteiger partial charge on any atom is 0.226 e. The average Bonchev–Trinajstić information content (AvgIpc) is 2.65. The molecule has 2 rings (SSSR count). The molecule has 0 amide bonds. The molecule has 2 N–H and O–H groups in total. The summed E-state index contributed by atoms with van der Waals surface area (Å²) in [5.41, 5.74) is 5.66. The average molecular weight is 239 g/mol. The van der Waals surface area contributed by atoms with Gasteiger partial charge in [-0.3, -0.25) is 0 Å². The number of hydrogen-bond donors (Lipinski definition) is 1. The Bertz CT molecular complexity index is 389. The van der Waals surface area contributed by atoms with Gasteiger partial charge in [-0.15, -0.1) is 0 Å². The molecule has 1 aliphatic rings. The lowest BCUT2D eigenvalue weighted by Gasteiger charge is -2.40. The van der Waals surface area contributed by atoms with Crippen LogP contribution >= 0.6 is 0 Å². The Morgan fingerprint density at radius 1 is 1.41 bits per heavy atom. The van der Waals surface area contributed by atoms with Crippen LogP contribution in [0.3, 0.4) is 0 Å².